The average molecular weight is 304 g/mol. The molecule has 0 unspecified atom stereocenters. The van der Waals surface area contributed by atoms with Crippen molar-refractivity contribution in [3.63, 3.8) is 0 Å². The van der Waals surface area contributed by atoms with Gasteiger partial charge in [-0.25, -0.2) is 0 Å². The van der Waals surface area contributed by atoms with Crippen LogP contribution in [0.15, 0.2) is 18.2 Å². The number of piperidine rings is 1. The molecule has 4 N–H and O–H groups in total. The van der Waals surface area contributed by atoms with E-state index in [0.717, 1.165) is 42.7 Å². The van der Waals surface area contributed by atoms with Crippen LogP contribution >= 0.6 is 0 Å². The van der Waals surface area contributed by atoms with Gasteiger partial charge >= 0.3 is 0 Å². The second-order valence-electron chi connectivity index (χ2n) is 6.36. The summed E-state index contributed by atoms with van der Waals surface area (Å²) in [6.07, 6.45) is 1.54. The number of hydrogen-bond donors (Lipinski definition) is 3. The van der Waals surface area contributed by atoms with Gasteiger partial charge < -0.3 is 16.0 Å². The molecule has 0 saturated carbocycles. The van der Waals surface area contributed by atoms with Crippen LogP contribution < -0.4 is 16.0 Å². The van der Waals surface area contributed by atoms with E-state index in [4.69, 9.17) is 5.73 Å². The molecule has 1 aliphatic rings. The molecule has 0 radical (unpaired) electrons. The molecule has 1 saturated heterocycles. The quantitative estimate of drug-likeness (QED) is 0.753. The maximum Gasteiger partial charge on any atom is 0.282 e. The van der Waals surface area contributed by atoms with Crippen LogP contribution in [-0.2, 0) is 9.59 Å². The van der Waals surface area contributed by atoms with Crippen LogP contribution in [0.4, 0.5) is 5.69 Å². The number of quaternary nitrogens is 1. The molecule has 1 heterocycles. The van der Waals surface area contributed by atoms with Gasteiger partial charge in [0.1, 0.15) is 0 Å². The normalized spacial score (nSPS) is 22.9. The Kier molecular flexibility index (Phi) is 5.19. The van der Waals surface area contributed by atoms with Crippen molar-refractivity contribution in [1.29, 1.82) is 0 Å². The number of hydrogen-bond acceptors (Lipinski definition) is 2. The summed E-state index contributed by atoms with van der Waals surface area (Å²) < 4.78 is 0. The Labute approximate surface area is 131 Å². The Balaban J connectivity index is 1.95. The number of anilines is 1. The third-order valence-electron chi connectivity index (χ3n) is 4.69. The number of primary amides is 1. The summed E-state index contributed by atoms with van der Waals surface area (Å²) in [6, 6.07) is 5.91. The number of aryl methyl sites for hydroxylation is 2. The first-order valence-corrected chi connectivity index (χ1v) is 7.90. The number of rotatable bonds is 4. The number of likely N-dealkylation sites (tertiary alicyclic amines) is 1. The molecule has 0 aromatic heterocycles. The first-order chi connectivity index (χ1) is 10.4. The van der Waals surface area contributed by atoms with E-state index in [0.29, 0.717) is 0 Å². The second kappa shape index (κ2) is 6.92. The van der Waals surface area contributed by atoms with Crippen molar-refractivity contribution in [2.24, 2.45) is 11.7 Å². The van der Waals surface area contributed by atoms with E-state index in [-0.39, 0.29) is 23.8 Å². The molecule has 2 amide bonds. The van der Waals surface area contributed by atoms with E-state index in [1.54, 1.807) is 0 Å². The Hall–Kier alpha value is -1.88. The van der Waals surface area contributed by atoms with Crippen molar-refractivity contribution >= 4 is 17.5 Å². The third kappa shape index (κ3) is 3.85. The van der Waals surface area contributed by atoms with Gasteiger partial charge in [0.05, 0.1) is 13.1 Å². The fourth-order valence-corrected chi connectivity index (χ4v) is 3.00. The minimum Gasteiger partial charge on any atom is -0.369 e. The number of nitrogens with one attached hydrogen (secondary N) is 2. The molecule has 0 spiro atoms. The second-order valence-corrected chi connectivity index (χ2v) is 6.36. The lowest BCUT2D eigenvalue weighted by atomic mass is 9.95. The standard InChI is InChI=1S/C17H25N3O2/c1-11-4-5-12(2)15(10-11)19-17(22)13(3)20-8-6-14(7-9-20)16(18)21/h4-5,10,13-14H,6-9H2,1-3H3,(H2,18,21)(H,19,22)/p+1/t13-/m0/s1. The van der Waals surface area contributed by atoms with E-state index < -0.39 is 0 Å². The topological polar surface area (TPSA) is 76.6 Å². The zero-order valence-corrected chi connectivity index (χ0v) is 13.6. The van der Waals surface area contributed by atoms with Gasteiger partial charge in [-0.05, 0) is 38.0 Å². The molecular formula is C17H26N3O2+. The summed E-state index contributed by atoms with van der Waals surface area (Å²) in [5.74, 6) is -0.217. The maximum absolute atomic E-state index is 12.5. The molecule has 2 rings (SSSR count). The molecule has 120 valence electrons. The highest BCUT2D eigenvalue weighted by Crippen LogP contribution is 2.16. The van der Waals surface area contributed by atoms with Crippen molar-refractivity contribution in [2.45, 2.75) is 39.7 Å². The van der Waals surface area contributed by atoms with Crippen LogP contribution in [0.25, 0.3) is 0 Å². The fourth-order valence-electron chi connectivity index (χ4n) is 3.00. The highest BCUT2D eigenvalue weighted by molar-refractivity contribution is 5.94. The van der Waals surface area contributed by atoms with Crippen LogP contribution in [0, 0.1) is 19.8 Å². The molecule has 1 aromatic rings. The highest BCUT2D eigenvalue weighted by Gasteiger charge is 2.32. The van der Waals surface area contributed by atoms with E-state index >= 15 is 0 Å². The first kappa shape index (κ1) is 16.5. The average Bonchev–Trinajstić information content (AvgIpc) is 2.50. The van der Waals surface area contributed by atoms with Crippen LogP contribution in [0.1, 0.15) is 30.9 Å². The molecule has 0 aliphatic carbocycles. The van der Waals surface area contributed by atoms with Crippen LogP contribution in [-0.4, -0.2) is 30.9 Å². The molecule has 5 nitrogen and oxygen atoms in total. The summed E-state index contributed by atoms with van der Waals surface area (Å²) in [5.41, 5.74) is 8.42. The SMILES string of the molecule is Cc1ccc(C)c(NC(=O)[C@H](C)[NH+]2CCC(C(N)=O)CC2)c1. The molecule has 1 fully saturated rings. The Bertz CT molecular complexity index is 563. The summed E-state index contributed by atoms with van der Waals surface area (Å²) in [4.78, 5) is 24.9. The fraction of sp³-hybridized carbons (Fsp3) is 0.529. The largest absolute Gasteiger partial charge is 0.369 e. The number of carbonyl (C=O) groups is 2. The summed E-state index contributed by atoms with van der Waals surface area (Å²) >= 11 is 0. The van der Waals surface area contributed by atoms with Gasteiger partial charge in [0.15, 0.2) is 6.04 Å². The van der Waals surface area contributed by atoms with E-state index in [2.05, 4.69) is 5.32 Å². The minimum atomic E-state index is -0.216. The molecule has 1 aromatic carbocycles. The molecule has 22 heavy (non-hydrogen) atoms. The van der Waals surface area contributed by atoms with Crippen LogP contribution in [0.5, 0.6) is 0 Å². The predicted octanol–water partition coefficient (Wildman–Crippen LogP) is 0.411. The molecule has 1 atom stereocenters. The van der Waals surface area contributed by atoms with E-state index in [9.17, 15) is 9.59 Å². The lowest BCUT2D eigenvalue weighted by Crippen LogP contribution is -3.17. The maximum atomic E-state index is 12.5. The summed E-state index contributed by atoms with van der Waals surface area (Å²) in [6.45, 7) is 7.58. The van der Waals surface area contributed by atoms with Gasteiger partial charge in [-0.2, -0.15) is 0 Å². The van der Waals surface area contributed by atoms with Gasteiger partial charge in [0.25, 0.3) is 5.91 Å². The number of amides is 2. The Morgan fingerprint density at radius 1 is 1.27 bits per heavy atom. The van der Waals surface area contributed by atoms with E-state index in [1.807, 2.05) is 39.0 Å². The van der Waals surface area contributed by atoms with Crippen molar-refractivity contribution in [3.05, 3.63) is 29.3 Å². The van der Waals surface area contributed by atoms with Crippen molar-refractivity contribution in [3.8, 4) is 0 Å². The van der Waals surface area contributed by atoms with Crippen molar-refractivity contribution in [2.75, 3.05) is 18.4 Å². The highest BCUT2D eigenvalue weighted by atomic mass is 16.2. The number of benzene rings is 1. The van der Waals surface area contributed by atoms with Crippen LogP contribution in [0.3, 0.4) is 0 Å². The smallest absolute Gasteiger partial charge is 0.282 e. The Morgan fingerprint density at radius 2 is 1.91 bits per heavy atom. The van der Waals surface area contributed by atoms with Crippen LogP contribution in [0.2, 0.25) is 0 Å². The van der Waals surface area contributed by atoms with Crippen molar-refractivity contribution < 1.29 is 14.5 Å². The monoisotopic (exact) mass is 304 g/mol. The molecule has 0 bridgehead atoms. The zero-order chi connectivity index (χ0) is 16.3. The predicted molar refractivity (Wildman–Crippen MR) is 86.6 cm³/mol. The van der Waals surface area contributed by atoms with Gasteiger partial charge in [-0.15, -0.1) is 0 Å². The summed E-state index contributed by atoms with van der Waals surface area (Å²) in [5, 5.41) is 3.03. The lowest BCUT2D eigenvalue weighted by Gasteiger charge is -2.31. The van der Waals surface area contributed by atoms with Gasteiger partial charge in [-0.1, -0.05) is 12.1 Å². The minimum absolute atomic E-state index is 0.0289. The van der Waals surface area contributed by atoms with Gasteiger partial charge in [0, 0.05) is 24.4 Å². The first-order valence-electron chi connectivity index (χ1n) is 7.90. The molecular weight excluding hydrogens is 278 g/mol. The van der Waals surface area contributed by atoms with E-state index in [1.165, 1.54) is 4.90 Å². The Morgan fingerprint density at radius 3 is 2.50 bits per heavy atom. The zero-order valence-electron chi connectivity index (χ0n) is 13.6. The lowest BCUT2D eigenvalue weighted by molar-refractivity contribution is -0.919. The number of nitrogens with two attached hydrogens (primary N) is 1. The summed E-state index contributed by atoms with van der Waals surface area (Å²) in [7, 11) is 0. The third-order valence-corrected chi connectivity index (χ3v) is 4.69. The number of carbonyl (C=O) groups excluding carboxylic acids is 2. The molecule has 1 aliphatic heterocycles. The van der Waals surface area contributed by atoms with Crippen molar-refractivity contribution in [1.82, 2.24) is 0 Å². The molecule has 5 heteroatoms. The van der Waals surface area contributed by atoms with Gasteiger partial charge in [-0.3, -0.25) is 9.59 Å². The van der Waals surface area contributed by atoms with Gasteiger partial charge in [0.2, 0.25) is 5.91 Å².